The quantitative estimate of drug-likeness (QED) is 0.923. The number of carbonyl (C=O) groups is 2. The van der Waals surface area contributed by atoms with Crippen LogP contribution in [0.25, 0.3) is 0 Å². The Labute approximate surface area is 125 Å². The smallest absolute Gasteiger partial charge is 0.250 e. The van der Waals surface area contributed by atoms with Crippen LogP contribution < -0.4 is 5.32 Å². The number of carbonyl (C=O) groups excluding carboxylic acids is 2. The van der Waals surface area contributed by atoms with Crippen LogP contribution in [0.15, 0.2) is 30.3 Å². The molecule has 1 aromatic carbocycles. The third-order valence-electron chi connectivity index (χ3n) is 4.49. The second-order valence-corrected chi connectivity index (χ2v) is 6.04. The van der Waals surface area contributed by atoms with Gasteiger partial charge in [0.05, 0.1) is 0 Å². The van der Waals surface area contributed by atoms with E-state index in [1.54, 1.807) is 0 Å². The highest BCUT2D eigenvalue weighted by molar-refractivity contribution is 5.91. The zero-order valence-electron chi connectivity index (χ0n) is 12.4. The van der Waals surface area contributed by atoms with E-state index in [0.717, 1.165) is 18.4 Å². The van der Waals surface area contributed by atoms with E-state index >= 15 is 0 Å². The molecule has 1 N–H and O–H groups in total. The second kappa shape index (κ2) is 5.88. The molecule has 3 atom stereocenters. The molecule has 2 amide bonds. The molecule has 1 aliphatic carbocycles. The summed E-state index contributed by atoms with van der Waals surface area (Å²) in [5, 5.41) is 2.87. The summed E-state index contributed by atoms with van der Waals surface area (Å²) in [5.41, 5.74) is 0.871. The first-order valence-corrected chi connectivity index (χ1v) is 7.85. The monoisotopic (exact) mass is 286 g/mol. The Morgan fingerprint density at radius 2 is 2.00 bits per heavy atom. The molecule has 0 bridgehead atoms. The van der Waals surface area contributed by atoms with Crippen LogP contribution >= 0.6 is 0 Å². The summed E-state index contributed by atoms with van der Waals surface area (Å²) in [5.74, 6) is 0.645. The lowest BCUT2D eigenvalue weighted by Gasteiger charge is -2.24. The fourth-order valence-corrected chi connectivity index (χ4v) is 3.29. The SMILES string of the molecule is CCCC1CC1N1CCC(=O)NC(c2ccccc2)C1=O. The van der Waals surface area contributed by atoms with Gasteiger partial charge < -0.3 is 10.2 Å². The molecule has 4 nitrogen and oxygen atoms in total. The van der Waals surface area contributed by atoms with Gasteiger partial charge in [-0.2, -0.15) is 0 Å². The summed E-state index contributed by atoms with van der Waals surface area (Å²) < 4.78 is 0. The number of nitrogens with one attached hydrogen (secondary N) is 1. The molecule has 0 spiro atoms. The predicted molar refractivity (Wildman–Crippen MR) is 80.5 cm³/mol. The number of amides is 2. The van der Waals surface area contributed by atoms with E-state index in [1.165, 1.54) is 6.42 Å². The highest BCUT2D eigenvalue weighted by Crippen LogP contribution is 2.40. The van der Waals surface area contributed by atoms with E-state index < -0.39 is 6.04 Å². The lowest BCUT2D eigenvalue weighted by atomic mass is 10.1. The molecule has 4 heteroatoms. The molecule has 112 valence electrons. The minimum absolute atomic E-state index is 0.0348. The average molecular weight is 286 g/mol. The molecule has 3 unspecified atom stereocenters. The van der Waals surface area contributed by atoms with Gasteiger partial charge in [-0.25, -0.2) is 0 Å². The summed E-state index contributed by atoms with van der Waals surface area (Å²) in [6.45, 7) is 2.73. The first kappa shape index (κ1) is 14.1. The third-order valence-corrected chi connectivity index (χ3v) is 4.49. The van der Waals surface area contributed by atoms with Gasteiger partial charge in [-0.3, -0.25) is 9.59 Å². The Kier molecular flexibility index (Phi) is 3.95. The van der Waals surface area contributed by atoms with Gasteiger partial charge in [-0.15, -0.1) is 0 Å². The number of hydrogen-bond donors (Lipinski definition) is 1. The molecule has 0 radical (unpaired) electrons. The van der Waals surface area contributed by atoms with Gasteiger partial charge in [-0.05, 0) is 24.3 Å². The maximum atomic E-state index is 12.8. The standard InChI is InChI=1S/C17H22N2O2/c1-2-6-13-11-14(13)19-10-9-15(20)18-16(17(19)21)12-7-4-3-5-8-12/h3-5,7-8,13-14,16H,2,6,9-11H2,1H3,(H,18,20). The average Bonchev–Trinajstić information content (AvgIpc) is 3.26. The van der Waals surface area contributed by atoms with E-state index in [0.29, 0.717) is 24.9 Å². The van der Waals surface area contributed by atoms with Crippen molar-refractivity contribution in [3.8, 4) is 0 Å². The van der Waals surface area contributed by atoms with Crippen LogP contribution in [-0.4, -0.2) is 29.3 Å². The maximum absolute atomic E-state index is 12.8. The van der Waals surface area contributed by atoms with E-state index in [1.807, 2.05) is 35.2 Å². The first-order valence-electron chi connectivity index (χ1n) is 7.85. The molecule has 1 aromatic rings. The second-order valence-electron chi connectivity index (χ2n) is 6.04. The molecule has 1 aliphatic heterocycles. The van der Waals surface area contributed by atoms with E-state index in [-0.39, 0.29) is 11.8 Å². The molecule has 2 fully saturated rings. The molecular weight excluding hydrogens is 264 g/mol. The van der Waals surface area contributed by atoms with Crippen molar-refractivity contribution in [2.24, 2.45) is 5.92 Å². The topological polar surface area (TPSA) is 49.4 Å². The Hall–Kier alpha value is -1.84. The first-order chi connectivity index (χ1) is 10.2. The zero-order valence-corrected chi connectivity index (χ0v) is 12.4. The lowest BCUT2D eigenvalue weighted by Crippen LogP contribution is -2.40. The Bertz CT molecular complexity index is 529. The van der Waals surface area contributed by atoms with Gasteiger partial charge in [0.1, 0.15) is 6.04 Å². The Balaban J connectivity index is 1.80. The number of hydrogen-bond acceptors (Lipinski definition) is 2. The summed E-state index contributed by atoms with van der Waals surface area (Å²) in [4.78, 5) is 26.7. The van der Waals surface area contributed by atoms with Crippen LogP contribution in [-0.2, 0) is 9.59 Å². The lowest BCUT2D eigenvalue weighted by molar-refractivity contribution is -0.134. The van der Waals surface area contributed by atoms with Gasteiger partial charge in [0, 0.05) is 19.0 Å². The van der Waals surface area contributed by atoms with Crippen molar-refractivity contribution in [3.63, 3.8) is 0 Å². The molecule has 1 saturated carbocycles. The normalized spacial score (nSPS) is 29.0. The summed E-state index contributed by atoms with van der Waals surface area (Å²) in [6.07, 6.45) is 3.83. The van der Waals surface area contributed by atoms with Crippen molar-refractivity contribution >= 4 is 11.8 Å². The fourth-order valence-electron chi connectivity index (χ4n) is 3.29. The largest absolute Gasteiger partial charge is 0.340 e. The minimum Gasteiger partial charge on any atom is -0.340 e. The number of benzene rings is 1. The van der Waals surface area contributed by atoms with Gasteiger partial charge in [-0.1, -0.05) is 43.7 Å². The van der Waals surface area contributed by atoms with Crippen LogP contribution in [0, 0.1) is 5.92 Å². The number of rotatable bonds is 4. The van der Waals surface area contributed by atoms with Crippen LogP contribution in [0.5, 0.6) is 0 Å². The van der Waals surface area contributed by atoms with E-state index in [4.69, 9.17) is 0 Å². The van der Waals surface area contributed by atoms with Crippen molar-refractivity contribution in [2.75, 3.05) is 6.54 Å². The van der Waals surface area contributed by atoms with Gasteiger partial charge in [0.2, 0.25) is 11.8 Å². The van der Waals surface area contributed by atoms with Gasteiger partial charge in [0.15, 0.2) is 0 Å². The van der Waals surface area contributed by atoms with Gasteiger partial charge in [0.25, 0.3) is 0 Å². The van der Waals surface area contributed by atoms with Crippen LogP contribution in [0.3, 0.4) is 0 Å². The fraction of sp³-hybridized carbons (Fsp3) is 0.529. The molecule has 21 heavy (non-hydrogen) atoms. The predicted octanol–water partition coefficient (Wildman–Crippen LogP) is 2.26. The maximum Gasteiger partial charge on any atom is 0.250 e. The highest BCUT2D eigenvalue weighted by atomic mass is 16.2. The summed E-state index contributed by atoms with van der Waals surface area (Å²) in [6, 6.07) is 9.36. The molecular formula is C17H22N2O2. The van der Waals surface area contributed by atoms with Crippen molar-refractivity contribution in [1.29, 1.82) is 0 Å². The van der Waals surface area contributed by atoms with Gasteiger partial charge >= 0.3 is 0 Å². The van der Waals surface area contributed by atoms with Crippen LogP contribution in [0.1, 0.15) is 44.2 Å². The van der Waals surface area contributed by atoms with Crippen LogP contribution in [0.4, 0.5) is 0 Å². The molecule has 1 heterocycles. The van der Waals surface area contributed by atoms with E-state index in [9.17, 15) is 9.59 Å². The molecule has 2 aliphatic rings. The Morgan fingerprint density at radius 3 is 2.71 bits per heavy atom. The molecule has 1 saturated heterocycles. The Morgan fingerprint density at radius 1 is 1.24 bits per heavy atom. The van der Waals surface area contributed by atoms with Crippen LogP contribution in [0.2, 0.25) is 0 Å². The number of nitrogens with zero attached hydrogens (tertiary/aromatic N) is 1. The summed E-state index contributed by atoms with van der Waals surface area (Å²) >= 11 is 0. The highest BCUT2D eigenvalue weighted by Gasteiger charge is 2.45. The van der Waals surface area contributed by atoms with Crippen molar-refractivity contribution in [2.45, 2.75) is 44.7 Å². The third kappa shape index (κ3) is 2.94. The van der Waals surface area contributed by atoms with Crippen molar-refractivity contribution in [1.82, 2.24) is 10.2 Å². The van der Waals surface area contributed by atoms with Crippen molar-refractivity contribution in [3.05, 3.63) is 35.9 Å². The summed E-state index contributed by atoms with van der Waals surface area (Å²) in [7, 11) is 0. The van der Waals surface area contributed by atoms with Crippen molar-refractivity contribution < 1.29 is 9.59 Å². The minimum atomic E-state index is -0.524. The molecule has 0 aromatic heterocycles. The zero-order chi connectivity index (χ0) is 14.8. The molecule has 3 rings (SSSR count). The van der Waals surface area contributed by atoms with E-state index in [2.05, 4.69) is 12.2 Å².